The Labute approximate surface area is 103 Å². The van der Waals surface area contributed by atoms with Gasteiger partial charge in [0.1, 0.15) is 0 Å². The first-order valence-electron chi connectivity index (χ1n) is 4.71. The van der Waals surface area contributed by atoms with Crippen LogP contribution in [0.2, 0.25) is 0 Å². The average molecular weight is 320 g/mol. The third-order valence-electron chi connectivity index (χ3n) is 2.21. The lowest BCUT2D eigenvalue weighted by molar-refractivity contribution is 0.729. The lowest BCUT2D eigenvalue weighted by Crippen LogP contribution is -2.17. The molecule has 0 fully saturated rings. The fourth-order valence-corrected chi connectivity index (χ4v) is 2.21. The summed E-state index contributed by atoms with van der Waals surface area (Å²) < 4.78 is 0.0449. The van der Waals surface area contributed by atoms with Crippen LogP contribution in [0.1, 0.15) is 38.8 Å². The SMILES string of the molecule is CC(C)(Br)c1ccccc1C(C)(C)Br. The summed E-state index contributed by atoms with van der Waals surface area (Å²) in [6, 6.07) is 8.52. The monoisotopic (exact) mass is 318 g/mol. The Balaban J connectivity index is 3.31. The molecule has 0 saturated carbocycles. The van der Waals surface area contributed by atoms with Gasteiger partial charge in [-0.3, -0.25) is 0 Å². The highest BCUT2D eigenvalue weighted by molar-refractivity contribution is 9.10. The molecule has 0 aromatic heterocycles. The fourth-order valence-electron chi connectivity index (χ4n) is 1.52. The molecule has 1 aromatic carbocycles. The lowest BCUT2D eigenvalue weighted by atomic mass is 9.90. The number of hydrogen-bond acceptors (Lipinski definition) is 0. The van der Waals surface area contributed by atoms with Crippen LogP contribution in [-0.4, -0.2) is 0 Å². The molecule has 0 aliphatic rings. The summed E-state index contributed by atoms with van der Waals surface area (Å²) >= 11 is 7.42. The molecule has 1 aromatic rings. The number of halogens is 2. The van der Waals surface area contributed by atoms with E-state index < -0.39 is 0 Å². The van der Waals surface area contributed by atoms with Crippen molar-refractivity contribution in [1.82, 2.24) is 0 Å². The second kappa shape index (κ2) is 3.97. The van der Waals surface area contributed by atoms with Gasteiger partial charge in [0.15, 0.2) is 0 Å². The van der Waals surface area contributed by atoms with Crippen molar-refractivity contribution in [2.24, 2.45) is 0 Å². The molecule has 0 amide bonds. The van der Waals surface area contributed by atoms with E-state index in [1.165, 1.54) is 11.1 Å². The van der Waals surface area contributed by atoms with Gasteiger partial charge in [0.05, 0.1) is 0 Å². The predicted octanol–water partition coefficient (Wildman–Crippen LogP) is 4.95. The van der Waals surface area contributed by atoms with E-state index in [0.717, 1.165) is 0 Å². The molecule has 0 atom stereocenters. The van der Waals surface area contributed by atoms with Gasteiger partial charge in [-0.2, -0.15) is 0 Å². The van der Waals surface area contributed by atoms with Crippen LogP contribution in [0.4, 0.5) is 0 Å². The van der Waals surface area contributed by atoms with E-state index in [-0.39, 0.29) is 8.65 Å². The molecule has 0 nitrogen and oxygen atoms in total. The van der Waals surface area contributed by atoms with Crippen LogP contribution in [0.25, 0.3) is 0 Å². The molecule has 0 heterocycles. The lowest BCUT2D eigenvalue weighted by Gasteiger charge is -2.27. The average Bonchev–Trinajstić information content (AvgIpc) is 2.01. The Morgan fingerprint density at radius 1 is 0.786 bits per heavy atom. The second-order valence-electron chi connectivity index (χ2n) is 4.49. The third kappa shape index (κ3) is 2.83. The van der Waals surface area contributed by atoms with E-state index in [1.807, 2.05) is 0 Å². The highest BCUT2D eigenvalue weighted by atomic mass is 79.9. The highest BCUT2D eigenvalue weighted by Crippen LogP contribution is 2.40. The minimum absolute atomic E-state index is 0.0225. The molecule has 0 unspecified atom stereocenters. The van der Waals surface area contributed by atoms with Crippen molar-refractivity contribution in [3.05, 3.63) is 35.4 Å². The van der Waals surface area contributed by atoms with Gasteiger partial charge in [-0.05, 0) is 38.8 Å². The van der Waals surface area contributed by atoms with Crippen LogP contribution in [0.15, 0.2) is 24.3 Å². The van der Waals surface area contributed by atoms with Crippen LogP contribution in [-0.2, 0) is 8.65 Å². The minimum Gasteiger partial charge on any atom is -0.0807 e. The second-order valence-corrected chi connectivity index (χ2v) is 8.46. The molecule has 0 bridgehead atoms. The van der Waals surface area contributed by atoms with Crippen LogP contribution in [0.3, 0.4) is 0 Å². The van der Waals surface area contributed by atoms with Gasteiger partial charge in [-0.1, -0.05) is 56.1 Å². The minimum atomic E-state index is 0.0225. The van der Waals surface area contributed by atoms with E-state index in [1.54, 1.807) is 0 Å². The first-order valence-corrected chi connectivity index (χ1v) is 6.29. The van der Waals surface area contributed by atoms with Crippen molar-refractivity contribution in [2.45, 2.75) is 36.3 Å². The van der Waals surface area contributed by atoms with Crippen LogP contribution in [0.5, 0.6) is 0 Å². The number of hydrogen-bond donors (Lipinski definition) is 0. The topological polar surface area (TPSA) is 0 Å². The van der Waals surface area contributed by atoms with Crippen LogP contribution < -0.4 is 0 Å². The Hall–Kier alpha value is 0.180. The summed E-state index contributed by atoms with van der Waals surface area (Å²) in [5.41, 5.74) is 2.67. The molecular weight excluding hydrogens is 304 g/mol. The van der Waals surface area contributed by atoms with Crippen molar-refractivity contribution >= 4 is 31.9 Å². The zero-order valence-electron chi connectivity index (χ0n) is 9.07. The summed E-state index contributed by atoms with van der Waals surface area (Å²) in [4.78, 5) is 0. The smallest absolute Gasteiger partial charge is 0.0453 e. The predicted molar refractivity (Wildman–Crippen MR) is 70.3 cm³/mol. The van der Waals surface area contributed by atoms with Crippen molar-refractivity contribution in [3.63, 3.8) is 0 Å². The van der Waals surface area contributed by atoms with Gasteiger partial charge in [0, 0.05) is 8.65 Å². The standard InChI is InChI=1S/C12H16Br2/c1-11(2,13)9-7-5-6-8-10(9)12(3,4)14/h5-8H,1-4H3. The van der Waals surface area contributed by atoms with Crippen molar-refractivity contribution in [1.29, 1.82) is 0 Å². The van der Waals surface area contributed by atoms with Gasteiger partial charge < -0.3 is 0 Å². The van der Waals surface area contributed by atoms with E-state index in [0.29, 0.717) is 0 Å². The first-order chi connectivity index (χ1) is 6.23. The van der Waals surface area contributed by atoms with Crippen molar-refractivity contribution < 1.29 is 0 Å². The third-order valence-corrected chi connectivity index (χ3v) is 3.06. The van der Waals surface area contributed by atoms with E-state index in [9.17, 15) is 0 Å². The van der Waals surface area contributed by atoms with E-state index in [2.05, 4.69) is 83.8 Å². The fraction of sp³-hybridized carbons (Fsp3) is 0.500. The molecule has 14 heavy (non-hydrogen) atoms. The summed E-state index contributed by atoms with van der Waals surface area (Å²) in [5, 5.41) is 0. The van der Waals surface area contributed by atoms with Gasteiger partial charge >= 0.3 is 0 Å². The summed E-state index contributed by atoms with van der Waals surface area (Å²) in [7, 11) is 0. The molecule has 2 heteroatoms. The van der Waals surface area contributed by atoms with Crippen molar-refractivity contribution in [2.75, 3.05) is 0 Å². The normalized spacial score (nSPS) is 13.0. The van der Waals surface area contributed by atoms with E-state index >= 15 is 0 Å². The Kier molecular flexibility index (Phi) is 3.48. The first kappa shape index (κ1) is 12.3. The summed E-state index contributed by atoms with van der Waals surface area (Å²) in [5.74, 6) is 0. The van der Waals surface area contributed by atoms with Crippen molar-refractivity contribution in [3.8, 4) is 0 Å². The molecule has 0 spiro atoms. The Bertz CT molecular complexity index is 283. The highest BCUT2D eigenvalue weighted by Gasteiger charge is 2.26. The summed E-state index contributed by atoms with van der Waals surface area (Å²) in [6.45, 7) is 8.68. The Morgan fingerprint density at radius 2 is 1.07 bits per heavy atom. The van der Waals surface area contributed by atoms with Crippen LogP contribution in [0, 0.1) is 0 Å². The maximum atomic E-state index is 3.71. The molecule has 0 radical (unpaired) electrons. The molecule has 0 N–H and O–H groups in total. The van der Waals surface area contributed by atoms with Gasteiger partial charge in [0.2, 0.25) is 0 Å². The molecule has 0 saturated heterocycles. The number of benzene rings is 1. The van der Waals surface area contributed by atoms with Gasteiger partial charge in [-0.25, -0.2) is 0 Å². The van der Waals surface area contributed by atoms with Gasteiger partial charge in [-0.15, -0.1) is 0 Å². The van der Waals surface area contributed by atoms with Gasteiger partial charge in [0.25, 0.3) is 0 Å². The van der Waals surface area contributed by atoms with E-state index in [4.69, 9.17) is 0 Å². The maximum Gasteiger partial charge on any atom is 0.0453 e. The zero-order chi connectivity index (χ0) is 11.0. The van der Waals surface area contributed by atoms with Crippen LogP contribution >= 0.6 is 31.9 Å². The Morgan fingerprint density at radius 3 is 1.29 bits per heavy atom. The number of rotatable bonds is 2. The molecule has 0 aliphatic heterocycles. The molecule has 0 aliphatic carbocycles. The zero-order valence-corrected chi connectivity index (χ0v) is 12.2. The molecular formula is C12H16Br2. The largest absolute Gasteiger partial charge is 0.0807 e. The summed E-state index contributed by atoms with van der Waals surface area (Å²) in [6.07, 6.45) is 0. The molecule has 78 valence electrons. The number of alkyl halides is 2. The maximum absolute atomic E-state index is 3.71. The molecule has 1 rings (SSSR count). The quantitative estimate of drug-likeness (QED) is 0.677.